The lowest BCUT2D eigenvalue weighted by Gasteiger charge is -2.07. The molecule has 0 spiro atoms. The van der Waals surface area contributed by atoms with Gasteiger partial charge in [0.2, 0.25) is 0 Å². The Morgan fingerprint density at radius 3 is 2.65 bits per heavy atom. The molecule has 6 heteroatoms. The van der Waals surface area contributed by atoms with Crippen LogP contribution in [0.1, 0.15) is 15.9 Å². The summed E-state index contributed by atoms with van der Waals surface area (Å²) in [4.78, 5) is 22.5. The van der Waals surface area contributed by atoms with Crippen LogP contribution in [0.2, 0.25) is 0 Å². The summed E-state index contributed by atoms with van der Waals surface area (Å²) in [5, 5.41) is 13.5. The standard InChI is InChI=1S/C14H13N3O3/c1-9-5-6-13(17(19)20)12(7-9)16-14(18)10-3-2-4-11(15)8-10/h2-8H,15H2,1H3,(H,16,18). The van der Waals surface area contributed by atoms with Crippen LogP contribution in [0.5, 0.6) is 0 Å². The molecule has 0 heterocycles. The molecule has 0 saturated carbocycles. The molecule has 2 rings (SSSR count). The van der Waals surface area contributed by atoms with Crippen LogP contribution in [-0.2, 0) is 0 Å². The Hall–Kier alpha value is -2.89. The van der Waals surface area contributed by atoms with Gasteiger partial charge in [-0.3, -0.25) is 14.9 Å². The van der Waals surface area contributed by atoms with Crippen LogP contribution in [-0.4, -0.2) is 10.8 Å². The zero-order valence-electron chi connectivity index (χ0n) is 10.8. The summed E-state index contributed by atoms with van der Waals surface area (Å²) < 4.78 is 0. The molecule has 0 radical (unpaired) electrons. The van der Waals surface area contributed by atoms with Gasteiger partial charge in [-0.15, -0.1) is 0 Å². The van der Waals surface area contributed by atoms with Crippen LogP contribution in [0.4, 0.5) is 17.1 Å². The van der Waals surface area contributed by atoms with Gasteiger partial charge in [-0.1, -0.05) is 12.1 Å². The van der Waals surface area contributed by atoms with E-state index >= 15 is 0 Å². The number of aryl methyl sites for hydroxylation is 1. The van der Waals surface area contributed by atoms with E-state index in [1.54, 1.807) is 37.3 Å². The number of hydrogen-bond donors (Lipinski definition) is 2. The Labute approximate surface area is 115 Å². The second-order valence-electron chi connectivity index (χ2n) is 4.36. The molecule has 0 aliphatic rings. The summed E-state index contributed by atoms with van der Waals surface area (Å²) in [6, 6.07) is 11.0. The Bertz CT molecular complexity index is 683. The van der Waals surface area contributed by atoms with Crippen LogP contribution < -0.4 is 11.1 Å². The van der Waals surface area contributed by atoms with Crippen molar-refractivity contribution in [1.82, 2.24) is 0 Å². The molecule has 1 amide bonds. The first-order valence-corrected chi connectivity index (χ1v) is 5.89. The normalized spacial score (nSPS) is 10.1. The van der Waals surface area contributed by atoms with Gasteiger partial charge in [0, 0.05) is 17.3 Å². The van der Waals surface area contributed by atoms with Gasteiger partial charge >= 0.3 is 0 Å². The van der Waals surface area contributed by atoms with Crippen LogP contribution in [0.25, 0.3) is 0 Å². The van der Waals surface area contributed by atoms with Crippen molar-refractivity contribution >= 4 is 23.0 Å². The Kier molecular flexibility index (Phi) is 3.65. The highest BCUT2D eigenvalue weighted by atomic mass is 16.6. The Balaban J connectivity index is 2.32. The van der Waals surface area contributed by atoms with Gasteiger partial charge in [0.15, 0.2) is 0 Å². The number of nitrogens with two attached hydrogens (primary N) is 1. The number of anilines is 2. The molecular formula is C14H13N3O3. The second-order valence-corrected chi connectivity index (χ2v) is 4.36. The van der Waals surface area contributed by atoms with Crippen LogP contribution >= 0.6 is 0 Å². The molecule has 2 aromatic rings. The average molecular weight is 271 g/mol. The fourth-order valence-corrected chi connectivity index (χ4v) is 1.78. The van der Waals surface area contributed by atoms with Gasteiger partial charge in [-0.2, -0.15) is 0 Å². The Morgan fingerprint density at radius 2 is 2.00 bits per heavy atom. The number of nitro benzene ring substituents is 1. The minimum absolute atomic E-state index is 0.146. The molecule has 0 atom stereocenters. The minimum atomic E-state index is -0.533. The van der Waals surface area contributed by atoms with E-state index < -0.39 is 10.8 Å². The molecule has 3 N–H and O–H groups in total. The number of amides is 1. The number of benzene rings is 2. The van der Waals surface area contributed by atoms with Gasteiger partial charge < -0.3 is 11.1 Å². The van der Waals surface area contributed by atoms with E-state index in [4.69, 9.17) is 5.73 Å². The first-order chi connectivity index (χ1) is 9.47. The predicted octanol–water partition coefficient (Wildman–Crippen LogP) is 2.74. The number of nitrogens with zero attached hydrogens (tertiary/aromatic N) is 1. The summed E-state index contributed by atoms with van der Waals surface area (Å²) >= 11 is 0. The minimum Gasteiger partial charge on any atom is -0.399 e. The van der Waals surface area contributed by atoms with E-state index in [0.29, 0.717) is 11.3 Å². The molecule has 0 fully saturated rings. The van der Waals surface area contributed by atoms with E-state index in [9.17, 15) is 14.9 Å². The third-order valence-corrected chi connectivity index (χ3v) is 2.75. The van der Waals surface area contributed by atoms with Crippen molar-refractivity contribution in [3.63, 3.8) is 0 Å². The lowest BCUT2D eigenvalue weighted by Crippen LogP contribution is -2.13. The number of nitrogens with one attached hydrogen (secondary N) is 1. The largest absolute Gasteiger partial charge is 0.399 e. The smallest absolute Gasteiger partial charge is 0.292 e. The van der Waals surface area contributed by atoms with Crippen LogP contribution in [0.3, 0.4) is 0 Å². The van der Waals surface area contributed by atoms with Crippen molar-refractivity contribution in [2.75, 3.05) is 11.1 Å². The highest BCUT2D eigenvalue weighted by molar-refractivity contribution is 6.05. The van der Waals surface area contributed by atoms with E-state index in [0.717, 1.165) is 5.56 Å². The van der Waals surface area contributed by atoms with Gasteiger partial charge in [-0.25, -0.2) is 0 Å². The van der Waals surface area contributed by atoms with E-state index in [1.807, 2.05) is 0 Å². The molecule has 0 aliphatic carbocycles. The number of nitrogen functional groups attached to an aromatic ring is 1. The van der Waals surface area contributed by atoms with Crippen molar-refractivity contribution in [1.29, 1.82) is 0 Å². The monoisotopic (exact) mass is 271 g/mol. The van der Waals surface area contributed by atoms with Gasteiger partial charge in [0.05, 0.1) is 4.92 Å². The molecule has 0 unspecified atom stereocenters. The van der Waals surface area contributed by atoms with E-state index in [1.165, 1.54) is 12.1 Å². The zero-order chi connectivity index (χ0) is 14.7. The molecule has 20 heavy (non-hydrogen) atoms. The van der Waals surface area contributed by atoms with Crippen LogP contribution in [0, 0.1) is 17.0 Å². The summed E-state index contributed by atoms with van der Waals surface area (Å²) in [5.41, 5.74) is 7.25. The first kappa shape index (κ1) is 13.5. The summed E-state index contributed by atoms with van der Waals surface area (Å²) in [7, 11) is 0. The third-order valence-electron chi connectivity index (χ3n) is 2.75. The van der Waals surface area contributed by atoms with Crippen molar-refractivity contribution < 1.29 is 9.72 Å². The summed E-state index contributed by atoms with van der Waals surface area (Å²) in [6.45, 7) is 1.79. The van der Waals surface area contributed by atoms with Crippen molar-refractivity contribution in [3.05, 3.63) is 63.7 Å². The summed E-state index contributed by atoms with van der Waals surface area (Å²) in [6.07, 6.45) is 0. The van der Waals surface area contributed by atoms with E-state index in [2.05, 4.69) is 5.32 Å². The average Bonchev–Trinajstić information content (AvgIpc) is 2.38. The number of hydrogen-bond acceptors (Lipinski definition) is 4. The van der Waals surface area contributed by atoms with Crippen LogP contribution in [0.15, 0.2) is 42.5 Å². The fourth-order valence-electron chi connectivity index (χ4n) is 1.78. The molecule has 6 nitrogen and oxygen atoms in total. The lowest BCUT2D eigenvalue weighted by atomic mass is 10.1. The second kappa shape index (κ2) is 5.40. The maximum atomic E-state index is 12.1. The van der Waals surface area contributed by atoms with Crippen molar-refractivity contribution in [2.45, 2.75) is 6.92 Å². The zero-order valence-corrected chi connectivity index (χ0v) is 10.8. The van der Waals surface area contributed by atoms with E-state index in [-0.39, 0.29) is 11.4 Å². The van der Waals surface area contributed by atoms with Crippen molar-refractivity contribution in [3.8, 4) is 0 Å². The number of rotatable bonds is 3. The Morgan fingerprint density at radius 1 is 1.25 bits per heavy atom. The molecule has 0 saturated heterocycles. The number of carbonyl (C=O) groups is 1. The lowest BCUT2D eigenvalue weighted by molar-refractivity contribution is -0.383. The van der Waals surface area contributed by atoms with Crippen molar-refractivity contribution in [2.24, 2.45) is 0 Å². The predicted molar refractivity (Wildman–Crippen MR) is 76.6 cm³/mol. The number of carbonyl (C=O) groups excluding carboxylic acids is 1. The van der Waals surface area contributed by atoms with Gasteiger partial charge in [0.1, 0.15) is 5.69 Å². The van der Waals surface area contributed by atoms with Gasteiger partial charge in [0.25, 0.3) is 11.6 Å². The molecule has 102 valence electrons. The molecule has 2 aromatic carbocycles. The molecule has 0 aromatic heterocycles. The molecule has 0 aliphatic heterocycles. The molecular weight excluding hydrogens is 258 g/mol. The number of nitro groups is 1. The highest BCUT2D eigenvalue weighted by Gasteiger charge is 2.16. The third kappa shape index (κ3) is 2.92. The highest BCUT2D eigenvalue weighted by Crippen LogP contribution is 2.25. The maximum Gasteiger partial charge on any atom is 0.292 e. The SMILES string of the molecule is Cc1ccc([N+](=O)[O-])c(NC(=O)c2cccc(N)c2)c1. The van der Waals surface area contributed by atoms with Gasteiger partial charge in [-0.05, 0) is 36.8 Å². The summed E-state index contributed by atoms with van der Waals surface area (Å²) in [5.74, 6) is -0.439. The quantitative estimate of drug-likeness (QED) is 0.509. The first-order valence-electron chi connectivity index (χ1n) is 5.89. The maximum absolute atomic E-state index is 12.1. The topological polar surface area (TPSA) is 98.3 Å². The molecule has 0 bridgehead atoms. The fraction of sp³-hybridized carbons (Fsp3) is 0.0714.